The molecule has 2 heterocycles. The molecule has 0 radical (unpaired) electrons. The van der Waals surface area contributed by atoms with Crippen molar-refractivity contribution >= 4 is 22.2 Å². The van der Waals surface area contributed by atoms with Gasteiger partial charge in [-0.05, 0) is 42.7 Å². The van der Waals surface area contributed by atoms with Crippen molar-refractivity contribution in [2.75, 3.05) is 25.0 Å². The van der Waals surface area contributed by atoms with Crippen molar-refractivity contribution in [2.45, 2.75) is 32.1 Å². The summed E-state index contributed by atoms with van der Waals surface area (Å²) in [6, 6.07) is 3.85. The van der Waals surface area contributed by atoms with Crippen LogP contribution in [0.3, 0.4) is 0 Å². The zero-order valence-corrected chi connectivity index (χ0v) is 13.0. The van der Waals surface area contributed by atoms with Crippen molar-refractivity contribution in [3.8, 4) is 6.07 Å². The second-order valence-corrected chi connectivity index (χ2v) is 7.07. The first-order chi connectivity index (χ1) is 10.3. The lowest BCUT2D eigenvalue weighted by atomic mass is 9.75. The van der Waals surface area contributed by atoms with Crippen molar-refractivity contribution in [3.63, 3.8) is 0 Å². The Bertz CT molecular complexity index is 548. The molecule has 2 atom stereocenters. The van der Waals surface area contributed by atoms with Crippen LogP contribution in [0.5, 0.6) is 0 Å². The van der Waals surface area contributed by atoms with Crippen LogP contribution >= 0.6 is 11.3 Å². The molecular weight excluding hydrogens is 282 g/mol. The Morgan fingerprint density at radius 1 is 1.38 bits per heavy atom. The highest BCUT2D eigenvalue weighted by Gasteiger charge is 2.31. The lowest BCUT2D eigenvalue weighted by Gasteiger charge is -2.41. The highest BCUT2D eigenvalue weighted by molar-refractivity contribution is 7.14. The number of amides is 1. The normalized spacial score (nSPS) is 25.9. The molecule has 2 aliphatic rings. The van der Waals surface area contributed by atoms with Gasteiger partial charge in [0.1, 0.15) is 11.1 Å². The molecule has 0 unspecified atom stereocenters. The second-order valence-electron chi connectivity index (χ2n) is 6.15. The lowest BCUT2D eigenvalue weighted by Crippen LogP contribution is -2.44. The molecule has 0 spiro atoms. The average Bonchev–Trinajstić information content (AvgIpc) is 2.94. The van der Waals surface area contributed by atoms with Gasteiger partial charge in [0.25, 0.3) is 0 Å². The van der Waals surface area contributed by atoms with Crippen molar-refractivity contribution in [2.24, 2.45) is 11.8 Å². The molecule has 1 aliphatic heterocycles. The average molecular weight is 303 g/mol. The van der Waals surface area contributed by atoms with E-state index < -0.39 is 0 Å². The fraction of sp³-hybridized carbons (Fsp3) is 0.625. The molecule has 21 heavy (non-hydrogen) atoms. The predicted octanol–water partition coefficient (Wildman–Crippen LogP) is 3.07. The molecule has 3 rings (SSSR count). The van der Waals surface area contributed by atoms with Crippen molar-refractivity contribution in [1.82, 2.24) is 4.90 Å². The van der Waals surface area contributed by atoms with Crippen molar-refractivity contribution in [3.05, 3.63) is 17.0 Å². The van der Waals surface area contributed by atoms with Gasteiger partial charge in [0.2, 0.25) is 5.91 Å². The van der Waals surface area contributed by atoms with Gasteiger partial charge in [0.15, 0.2) is 0 Å². The molecule has 2 fully saturated rings. The summed E-state index contributed by atoms with van der Waals surface area (Å²) in [6.07, 6.45) is 6.68. The molecular formula is C16H21N3OS. The van der Waals surface area contributed by atoms with Crippen molar-refractivity contribution < 1.29 is 4.79 Å². The van der Waals surface area contributed by atoms with E-state index in [0.29, 0.717) is 17.1 Å². The maximum absolute atomic E-state index is 12.2. The van der Waals surface area contributed by atoms with E-state index in [2.05, 4.69) is 16.3 Å². The van der Waals surface area contributed by atoms with Gasteiger partial charge < -0.3 is 5.32 Å². The summed E-state index contributed by atoms with van der Waals surface area (Å²) < 4.78 is 0. The number of piperidine rings is 1. The summed E-state index contributed by atoms with van der Waals surface area (Å²) in [5, 5.41) is 14.4. The summed E-state index contributed by atoms with van der Waals surface area (Å²) in [5.74, 6) is 1.68. The largest absolute Gasteiger partial charge is 0.315 e. The number of rotatable bonds is 3. The summed E-state index contributed by atoms with van der Waals surface area (Å²) in [5.41, 5.74) is 0.555. The van der Waals surface area contributed by atoms with Crippen LogP contribution in [-0.4, -0.2) is 30.4 Å². The number of carbonyl (C=O) groups excluding carboxylic acids is 1. The van der Waals surface area contributed by atoms with Crippen LogP contribution in [0.15, 0.2) is 11.4 Å². The molecule has 1 aromatic heterocycles. The van der Waals surface area contributed by atoms with Crippen LogP contribution in [0.2, 0.25) is 0 Å². The smallest absolute Gasteiger partial charge is 0.239 e. The Hall–Kier alpha value is -1.38. The van der Waals surface area contributed by atoms with Gasteiger partial charge in [-0.25, -0.2) is 0 Å². The number of anilines is 1. The Kier molecular flexibility index (Phi) is 4.57. The first-order valence-electron chi connectivity index (χ1n) is 7.76. The number of fused-ring (bicyclic) bond motifs is 1. The van der Waals surface area contributed by atoms with E-state index >= 15 is 0 Å². The third kappa shape index (κ3) is 3.45. The molecule has 1 saturated carbocycles. The summed E-state index contributed by atoms with van der Waals surface area (Å²) >= 11 is 1.41. The topological polar surface area (TPSA) is 56.1 Å². The molecule has 1 saturated heterocycles. The van der Waals surface area contributed by atoms with Crippen molar-refractivity contribution in [1.29, 1.82) is 5.26 Å². The zero-order valence-electron chi connectivity index (χ0n) is 12.2. The molecule has 1 aliphatic carbocycles. The summed E-state index contributed by atoms with van der Waals surface area (Å²) in [7, 11) is 0. The van der Waals surface area contributed by atoms with Gasteiger partial charge in [-0.1, -0.05) is 19.3 Å². The Morgan fingerprint density at radius 2 is 2.19 bits per heavy atom. The Balaban J connectivity index is 1.52. The van der Waals surface area contributed by atoms with Gasteiger partial charge in [-0.2, -0.15) is 5.26 Å². The minimum Gasteiger partial charge on any atom is -0.315 e. The molecule has 5 heteroatoms. The third-order valence-electron chi connectivity index (χ3n) is 4.78. The first kappa shape index (κ1) is 14.6. The minimum atomic E-state index is 0.00297. The molecule has 0 aromatic carbocycles. The van der Waals surface area contributed by atoms with Gasteiger partial charge in [0, 0.05) is 6.54 Å². The minimum absolute atomic E-state index is 0.00297. The third-order valence-corrected chi connectivity index (χ3v) is 5.61. The number of nitrogens with one attached hydrogen (secondary N) is 1. The monoisotopic (exact) mass is 303 g/mol. The van der Waals surface area contributed by atoms with E-state index in [4.69, 9.17) is 5.26 Å². The SMILES string of the molecule is N#Cc1ccsc1NC(=O)CN1CC[C@@H]2CCCC[C@H]2C1. The summed E-state index contributed by atoms with van der Waals surface area (Å²) in [4.78, 5) is 14.4. The molecule has 112 valence electrons. The summed E-state index contributed by atoms with van der Waals surface area (Å²) in [6.45, 7) is 2.55. The number of likely N-dealkylation sites (tertiary alicyclic amines) is 1. The van der Waals surface area contributed by atoms with Crippen LogP contribution in [0.1, 0.15) is 37.7 Å². The second kappa shape index (κ2) is 6.59. The van der Waals surface area contributed by atoms with Crippen LogP contribution < -0.4 is 5.32 Å². The quantitative estimate of drug-likeness (QED) is 0.933. The van der Waals surface area contributed by atoms with E-state index in [9.17, 15) is 4.79 Å². The van der Waals surface area contributed by atoms with Gasteiger partial charge >= 0.3 is 0 Å². The number of thiophene rings is 1. The highest BCUT2D eigenvalue weighted by Crippen LogP contribution is 2.35. The van der Waals surface area contributed by atoms with E-state index in [1.54, 1.807) is 6.07 Å². The highest BCUT2D eigenvalue weighted by atomic mass is 32.1. The maximum atomic E-state index is 12.2. The Morgan fingerprint density at radius 3 is 3.00 bits per heavy atom. The van der Waals surface area contributed by atoms with Gasteiger partial charge in [-0.3, -0.25) is 9.69 Å². The predicted molar refractivity (Wildman–Crippen MR) is 84.2 cm³/mol. The molecule has 4 nitrogen and oxygen atoms in total. The van der Waals surface area contributed by atoms with Crippen LogP contribution in [0.25, 0.3) is 0 Å². The molecule has 1 N–H and O–H groups in total. The van der Waals surface area contributed by atoms with E-state index in [1.807, 2.05) is 5.38 Å². The van der Waals surface area contributed by atoms with E-state index in [0.717, 1.165) is 24.9 Å². The number of hydrogen-bond acceptors (Lipinski definition) is 4. The Labute approximate surface area is 129 Å². The fourth-order valence-electron chi connectivity index (χ4n) is 3.68. The maximum Gasteiger partial charge on any atom is 0.239 e. The van der Waals surface area contributed by atoms with Gasteiger partial charge in [0.05, 0.1) is 12.1 Å². The standard InChI is InChI=1S/C16H21N3OS/c17-9-13-6-8-21-16(13)18-15(20)11-19-7-5-12-3-1-2-4-14(12)10-19/h6,8,12,14H,1-5,7,10-11H2,(H,18,20)/t12-,14-/m0/s1. The van der Waals surface area contributed by atoms with Crippen LogP contribution in [0.4, 0.5) is 5.00 Å². The van der Waals surface area contributed by atoms with E-state index in [-0.39, 0.29) is 5.91 Å². The lowest BCUT2D eigenvalue weighted by molar-refractivity contribution is -0.118. The molecule has 1 aromatic rings. The molecule has 1 amide bonds. The molecule has 0 bridgehead atoms. The zero-order chi connectivity index (χ0) is 14.7. The number of nitrogens with zero attached hydrogens (tertiary/aromatic N) is 2. The number of hydrogen-bond donors (Lipinski definition) is 1. The fourth-order valence-corrected chi connectivity index (χ4v) is 4.44. The van der Waals surface area contributed by atoms with E-state index in [1.165, 1.54) is 43.4 Å². The van der Waals surface area contributed by atoms with Crippen LogP contribution in [-0.2, 0) is 4.79 Å². The number of carbonyl (C=O) groups is 1. The number of nitriles is 1. The van der Waals surface area contributed by atoms with Gasteiger partial charge in [-0.15, -0.1) is 11.3 Å². The first-order valence-corrected chi connectivity index (χ1v) is 8.64. The van der Waals surface area contributed by atoms with Crippen LogP contribution in [0, 0.1) is 23.2 Å².